The largest absolute Gasteiger partial charge is 0.443 e. The van der Waals surface area contributed by atoms with Gasteiger partial charge in [-0.1, -0.05) is 19.9 Å². The summed E-state index contributed by atoms with van der Waals surface area (Å²) in [5, 5.41) is 20.8. The highest BCUT2D eigenvalue weighted by molar-refractivity contribution is 5.79. The van der Waals surface area contributed by atoms with Crippen LogP contribution in [0, 0.1) is 17.0 Å². The maximum Gasteiger partial charge on any atom is 0.248 e. The lowest BCUT2D eigenvalue weighted by atomic mass is 9.66. The monoisotopic (exact) mass is 532 g/mol. The van der Waals surface area contributed by atoms with Gasteiger partial charge in [0.25, 0.3) is 0 Å². The van der Waals surface area contributed by atoms with Gasteiger partial charge in [0.15, 0.2) is 0 Å². The van der Waals surface area contributed by atoms with E-state index in [0.717, 1.165) is 24.1 Å². The van der Waals surface area contributed by atoms with E-state index < -0.39 is 29.1 Å². The predicted molar refractivity (Wildman–Crippen MR) is 135 cm³/mol. The molecule has 0 radical (unpaired) electrons. The summed E-state index contributed by atoms with van der Waals surface area (Å²) in [4.78, 5) is 25.4. The fourth-order valence-electron chi connectivity index (χ4n) is 6.26. The molecule has 39 heavy (non-hydrogen) atoms. The number of fused-ring (bicyclic) bond motifs is 5. The van der Waals surface area contributed by atoms with Gasteiger partial charge < -0.3 is 14.8 Å². The van der Waals surface area contributed by atoms with Crippen LogP contribution in [0.15, 0.2) is 47.3 Å². The third-order valence-electron chi connectivity index (χ3n) is 8.27. The summed E-state index contributed by atoms with van der Waals surface area (Å²) >= 11 is 0. The molecule has 1 amide bonds. The number of amides is 1. The Morgan fingerprint density at radius 3 is 2.69 bits per heavy atom. The first-order valence-corrected chi connectivity index (χ1v) is 12.7. The van der Waals surface area contributed by atoms with Crippen molar-refractivity contribution in [1.82, 2.24) is 30.5 Å². The summed E-state index contributed by atoms with van der Waals surface area (Å²) in [6, 6.07) is 5.50. The Bertz CT molecular complexity index is 1580. The van der Waals surface area contributed by atoms with E-state index in [1.54, 1.807) is 18.5 Å². The molecule has 0 unspecified atom stereocenters. The maximum absolute atomic E-state index is 14.5. The first-order valence-electron chi connectivity index (χ1n) is 12.7. The second-order valence-corrected chi connectivity index (χ2v) is 10.7. The summed E-state index contributed by atoms with van der Waals surface area (Å²) in [5.74, 6) is -1.55. The fourth-order valence-corrected chi connectivity index (χ4v) is 6.26. The zero-order valence-electron chi connectivity index (χ0n) is 21.6. The lowest BCUT2D eigenvalue weighted by Crippen LogP contribution is -2.38. The van der Waals surface area contributed by atoms with Crippen LogP contribution in [0.5, 0.6) is 0 Å². The number of hydrogen-bond donors (Lipinski definition) is 2. The van der Waals surface area contributed by atoms with E-state index in [-0.39, 0.29) is 35.0 Å². The van der Waals surface area contributed by atoms with E-state index in [1.807, 2.05) is 0 Å². The van der Waals surface area contributed by atoms with Gasteiger partial charge in [0.1, 0.15) is 29.7 Å². The molecule has 6 rings (SSSR count). The number of rotatable bonds is 6. The number of aliphatic hydroxyl groups excluding tert-OH is 1. The number of aliphatic hydroxyl groups is 1. The molecule has 0 spiro atoms. The van der Waals surface area contributed by atoms with E-state index in [4.69, 9.17) is 9.40 Å². The average molecular weight is 533 g/mol. The van der Waals surface area contributed by atoms with Gasteiger partial charge in [0, 0.05) is 6.20 Å². The lowest BCUT2D eigenvalue weighted by Gasteiger charge is -2.37. The molecule has 2 N–H and O–H groups in total. The van der Waals surface area contributed by atoms with Gasteiger partial charge in [-0.15, -0.1) is 5.10 Å². The molecule has 0 aliphatic heterocycles. The molecule has 3 heterocycles. The third kappa shape index (κ3) is 3.75. The number of halogens is 2. The van der Waals surface area contributed by atoms with E-state index >= 15 is 0 Å². The van der Waals surface area contributed by atoms with Gasteiger partial charge in [-0.2, -0.15) is 5.10 Å². The zero-order valence-corrected chi connectivity index (χ0v) is 21.6. The first-order chi connectivity index (χ1) is 18.6. The molecule has 0 saturated heterocycles. The van der Waals surface area contributed by atoms with E-state index in [1.165, 1.54) is 31.4 Å². The molecule has 1 aromatic carbocycles. The number of nitrogens with one attached hydrogen (secondary N) is 1. The number of hydrogen-bond acceptors (Lipinski definition) is 8. The van der Waals surface area contributed by atoms with Crippen molar-refractivity contribution < 1.29 is 23.1 Å². The molecule has 200 valence electrons. The van der Waals surface area contributed by atoms with Crippen molar-refractivity contribution in [3.63, 3.8) is 0 Å². The second kappa shape index (κ2) is 8.98. The smallest absolute Gasteiger partial charge is 0.248 e. The molecule has 4 aromatic rings. The van der Waals surface area contributed by atoms with E-state index in [9.17, 15) is 18.7 Å². The van der Waals surface area contributed by atoms with Gasteiger partial charge >= 0.3 is 0 Å². The highest BCUT2D eigenvalue weighted by atomic mass is 19.1. The Labute approximate surface area is 222 Å². The molecule has 2 aliphatic carbocycles. The van der Waals surface area contributed by atoms with Crippen molar-refractivity contribution in [3.8, 4) is 22.8 Å². The van der Waals surface area contributed by atoms with Gasteiger partial charge in [0.05, 0.1) is 46.5 Å². The number of carbonyl (C=O) groups is 1. The first kappa shape index (κ1) is 25.2. The molecule has 1 fully saturated rings. The standard InChI is InChI=1S/C28H26F2N6O3/c1-14(37)25(38)32-10-15-13-39-26(33-15)21-11-31-12-22(34-21)28-8-7-17(27(28,2)3)16-9-20(35-36-24(16)28)23-18(29)5-4-6-19(23)30/h4-6,9,11-14,17,37H,7-8,10H2,1-3H3,(H,32,38)/t14-,17-,28-/m0/s1. The Kier molecular flexibility index (Phi) is 5.79. The van der Waals surface area contributed by atoms with Crippen molar-refractivity contribution in [1.29, 1.82) is 0 Å². The van der Waals surface area contributed by atoms with Crippen LogP contribution in [-0.2, 0) is 16.8 Å². The molecule has 3 aromatic heterocycles. The van der Waals surface area contributed by atoms with Crippen LogP contribution in [0.3, 0.4) is 0 Å². The fraction of sp³-hybridized carbons (Fsp3) is 0.357. The normalized spacial score (nSPS) is 21.5. The summed E-state index contributed by atoms with van der Waals surface area (Å²) < 4.78 is 34.7. The van der Waals surface area contributed by atoms with E-state index in [2.05, 4.69) is 39.3 Å². The van der Waals surface area contributed by atoms with Crippen molar-refractivity contribution >= 4 is 5.91 Å². The highest BCUT2D eigenvalue weighted by Crippen LogP contribution is 2.69. The van der Waals surface area contributed by atoms with E-state index in [0.29, 0.717) is 17.1 Å². The van der Waals surface area contributed by atoms with Crippen LogP contribution in [0.4, 0.5) is 8.78 Å². The Morgan fingerprint density at radius 1 is 1.18 bits per heavy atom. The predicted octanol–water partition coefficient (Wildman–Crippen LogP) is 4.07. The molecular formula is C28H26F2N6O3. The van der Waals surface area contributed by atoms with Crippen molar-refractivity contribution in [2.24, 2.45) is 5.41 Å². The Hall–Kier alpha value is -4.12. The average Bonchev–Trinajstić information content (AvgIpc) is 3.55. The quantitative estimate of drug-likeness (QED) is 0.381. The van der Waals surface area contributed by atoms with Crippen LogP contribution in [-0.4, -0.2) is 42.3 Å². The minimum atomic E-state index is -1.13. The summed E-state index contributed by atoms with van der Waals surface area (Å²) in [7, 11) is 0. The number of oxazole rings is 1. The van der Waals surface area contributed by atoms with Crippen molar-refractivity contribution in [2.45, 2.75) is 57.6 Å². The van der Waals surface area contributed by atoms with Crippen molar-refractivity contribution in [3.05, 3.63) is 77.2 Å². The van der Waals surface area contributed by atoms with Gasteiger partial charge in [-0.05, 0) is 54.9 Å². The summed E-state index contributed by atoms with van der Waals surface area (Å²) in [5.41, 5.74) is 2.27. The van der Waals surface area contributed by atoms with Crippen LogP contribution in [0.1, 0.15) is 62.2 Å². The van der Waals surface area contributed by atoms with Crippen LogP contribution >= 0.6 is 0 Å². The summed E-state index contributed by atoms with van der Waals surface area (Å²) in [6.07, 6.45) is 5.16. The van der Waals surface area contributed by atoms with Gasteiger partial charge in [-0.3, -0.25) is 9.78 Å². The molecule has 2 aliphatic rings. The van der Waals surface area contributed by atoms with Gasteiger partial charge in [0.2, 0.25) is 11.8 Å². The Balaban J connectivity index is 1.38. The Morgan fingerprint density at radius 2 is 1.95 bits per heavy atom. The molecule has 1 saturated carbocycles. The van der Waals surface area contributed by atoms with Gasteiger partial charge in [-0.25, -0.2) is 18.7 Å². The molecule has 11 heteroatoms. The molecular weight excluding hydrogens is 506 g/mol. The van der Waals surface area contributed by atoms with Crippen LogP contribution in [0.2, 0.25) is 0 Å². The molecule has 3 atom stereocenters. The number of nitrogens with zero attached hydrogens (tertiary/aromatic N) is 5. The minimum absolute atomic E-state index is 0.0902. The van der Waals surface area contributed by atoms with Crippen LogP contribution < -0.4 is 5.32 Å². The summed E-state index contributed by atoms with van der Waals surface area (Å²) in [6.45, 7) is 5.77. The number of benzene rings is 1. The minimum Gasteiger partial charge on any atom is -0.443 e. The molecule has 2 bridgehead atoms. The SMILES string of the molecule is C[C@H](O)C(=O)NCc1coc(-c2cncc([C@@]34CC[C@@H](c5cc(-c6c(F)cccc6F)nnc53)C4(C)C)n2)n1. The lowest BCUT2D eigenvalue weighted by molar-refractivity contribution is -0.128. The highest BCUT2D eigenvalue weighted by Gasteiger charge is 2.65. The second-order valence-electron chi connectivity index (χ2n) is 10.7. The third-order valence-corrected chi connectivity index (χ3v) is 8.27. The maximum atomic E-state index is 14.5. The zero-order chi connectivity index (χ0) is 27.5. The topological polar surface area (TPSA) is 127 Å². The molecule has 9 nitrogen and oxygen atoms in total. The number of aromatic nitrogens is 5. The van der Waals surface area contributed by atoms with Crippen LogP contribution in [0.25, 0.3) is 22.8 Å². The van der Waals surface area contributed by atoms with Crippen molar-refractivity contribution in [2.75, 3.05) is 0 Å². The number of carbonyl (C=O) groups excluding carboxylic acids is 1.